The second-order valence-electron chi connectivity index (χ2n) is 6.63. The lowest BCUT2D eigenvalue weighted by Gasteiger charge is -2.23. The van der Waals surface area contributed by atoms with Gasteiger partial charge >= 0.3 is 0 Å². The molecule has 0 N–H and O–H groups in total. The van der Waals surface area contributed by atoms with Crippen molar-refractivity contribution in [2.45, 2.75) is 5.92 Å². The fourth-order valence-electron chi connectivity index (χ4n) is 3.54. The number of rotatable bonds is 5. The van der Waals surface area contributed by atoms with Crippen molar-refractivity contribution in [2.24, 2.45) is 0 Å². The molecular weight excluding hydrogens is 324 g/mol. The van der Waals surface area contributed by atoms with Gasteiger partial charge in [-0.3, -0.25) is 0 Å². The summed E-state index contributed by atoms with van der Waals surface area (Å²) in [5.41, 5.74) is 6.37. The third-order valence-corrected chi connectivity index (χ3v) is 4.81. The number of benzene rings is 4. The van der Waals surface area contributed by atoms with Crippen LogP contribution in [0.3, 0.4) is 0 Å². The Labute approximate surface area is 161 Å². The molecule has 27 heavy (non-hydrogen) atoms. The molecule has 4 rings (SSSR count). The summed E-state index contributed by atoms with van der Waals surface area (Å²) in [7, 11) is 0. The molecule has 0 atom stereocenters. The molecule has 0 radical (unpaired) electrons. The zero-order chi connectivity index (χ0) is 18.3. The smallest absolute Gasteiger partial charge is 0.0346 e. The first-order valence-corrected chi connectivity index (χ1v) is 9.34. The number of allylic oxidation sites excluding steroid dienone is 1. The second kappa shape index (κ2) is 8.33. The Hall–Kier alpha value is -3.38. The van der Waals surface area contributed by atoms with Crippen LogP contribution in [0.4, 0.5) is 0 Å². The van der Waals surface area contributed by atoms with Gasteiger partial charge in [0.2, 0.25) is 0 Å². The Morgan fingerprint density at radius 3 is 1.37 bits per heavy atom. The molecule has 0 nitrogen and oxygen atoms in total. The monoisotopic (exact) mass is 346 g/mol. The summed E-state index contributed by atoms with van der Waals surface area (Å²) in [5.74, 6) is 0.176. The summed E-state index contributed by atoms with van der Waals surface area (Å²) < 4.78 is 0. The minimum Gasteiger partial charge on any atom is -0.0622 e. The maximum atomic E-state index is 2.32. The van der Waals surface area contributed by atoms with E-state index in [0.29, 0.717) is 0 Å². The SMILES string of the molecule is C(=C(/c1ccccc1)C(c1ccccc1)c1ccccc1)/c1ccccc1. The molecule has 0 saturated carbocycles. The Morgan fingerprint density at radius 2 is 0.889 bits per heavy atom. The molecule has 0 aromatic heterocycles. The molecule has 0 unspecified atom stereocenters. The van der Waals surface area contributed by atoms with Gasteiger partial charge in [0.1, 0.15) is 0 Å². The van der Waals surface area contributed by atoms with E-state index in [2.05, 4.69) is 127 Å². The largest absolute Gasteiger partial charge is 0.0622 e. The maximum Gasteiger partial charge on any atom is 0.0346 e. The minimum absolute atomic E-state index is 0.176. The van der Waals surface area contributed by atoms with E-state index in [1.165, 1.54) is 27.8 Å². The lowest BCUT2D eigenvalue weighted by atomic mass is 9.81. The van der Waals surface area contributed by atoms with Crippen LogP contribution in [0.25, 0.3) is 11.6 Å². The molecule has 0 bridgehead atoms. The van der Waals surface area contributed by atoms with Crippen molar-refractivity contribution < 1.29 is 0 Å². The van der Waals surface area contributed by atoms with Gasteiger partial charge in [-0.05, 0) is 27.8 Å². The zero-order valence-electron chi connectivity index (χ0n) is 15.2. The highest BCUT2D eigenvalue weighted by Crippen LogP contribution is 2.38. The van der Waals surface area contributed by atoms with Gasteiger partial charge in [0.25, 0.3) is 0 Å². The van der Waals surface area contributed by atoms with Crippen LogP contribution in [0.1, 0.15) is 28.2 Å². The quantitative estimate of drug-likeness (QED) is 0.339. The van der Waals surface area contributed by atoms with Crippen molar-refractivity contribution in [1.82, 2.24) is 0 Å². The van der Waals surface area contributed by atoms with Crippen molar-refractivity contribution in [3.05, 3.63) is 144 Å². The predicted octanol–water partition coefficient (Wildman–Crippen LogP) is 7.06. The van der Waals surface area contributed by atoms with Crippen molar-refractivity contribution in [3.8, 4) is 0 Å². The lowest BCUT2D eigenvalue weighted by molar-refractivity contribution is 1.05. The van der Waals surface area contributed by atoms with E-state index in [0.717, 1.165) is 0 Å². The normalized spacial score (nSPS) is 11.5. The first-order chi connectivity index (χ1) is 13.4. The molecule has 0 aliphatic rings. The molecule has 130 valence electrons. The van der Waals surface area contributed by atoms with Gasteiger partial charge in [-0.1, -0.05) is 127 Å². The maximum absolute atomic E-state index is 2.32. The van der Waals surface area contributed by atoms with Crippen LogP contribution in [0.5, 0.6) is 0 Å². The summed E-state index contributed by atoms with van der Waals surface area (Å²) in [6.45, 7) is 0. The van der Waals surface area contributed by atoms with Gasteiger partial charge in [0.15, 0.2) is 0 Å². The van der Waals surface area contributed by atoms with Crippen LogP contribution in [-0.4, -0.2) is 0 Å². The molecular formula is C27H22. The molecule has 4 aromatic rings. The molecule has 0 heterocycles. The Bertz CT molecular complexity index is 945. The van der Waals surface area contributed by atoms with E-state index in [4.69, 9.17) is 0 Å². The van der Waals surface area contributed by atoms with Gasteiger partial charge in [-0.15, -0.1) is 0 Å². The fourth-order valence-corrected chi connectivity index (χ4v) is 3.54. The fraction of sp³-hybridized carbons (Fsp3) is 0.0370. The summed E-state index contributed by atoms with van der Waals surface area (Å²) in [5, 5.41) is 0. The molecule has 0 heteroatoms. The summed E-state index contributed by atoms with van der Waals surface area (Å²) in [6.07, 6.45) is 2.32. The van der Waals surface area contributed by atoms with Crippen molar-refractivity contribution in [2.75, 3.05) is 0 Å². The third kappa shape index (κ3) is 4.07. The van der Waals surface area contributed by atoms with E-state index < -0.39 is 0 Å². The van der Waals surface area contributed by atoms with Crippen molar-refractivity contribution in [3.63, 3.8) is 0 Å². The third-order valence-electron chi connectivity index (χ3n) is 4.81. The Morgan fingerprint density at radius 1 is 0.481 bits per heavy atom. The topological polar surface area (TPSA) is 0 Å². The standard InChI is InChI=1S/C27H22/c1-5-13-22(14-6-1)21-26(23-15-7-2-8-16-23)27(24-17-9-3-10-18-24)25-19-11-4-12-20-25/h1-21,27H/b26-21+. The van der Waals surface area contributed by atoms with Crippen LogP contribution in [0.2, 0.25) is 0 Å². The van der Waals surface area contributed by atoms with E-state index in [-0.39, 0.29) is 5.92 Å². The number of hydrogen-bond donors (Lipinski definition) is 0. The van der Waals surface area contributed by atoms with Crippen molar-refractivity contribution in [1.29, 1.82) is 0 Å². The van der Waals surface area contributed by atoms with Gasteiger partial charge in [0, 0.05) is 5.92 Å². The van der Waals surface area contributed by atoms with E-state index in [1.807, 2.05) is 0 Å². The number of hydrogen-bond acceptors (Lipinski definition) is 0. The molecule has 4 aromatic carbocycles. The lowest BCUT2D eigenvalue weighted by Crippen LogP contribution is -2.04. The van der Waals surface area contributed by atoms with Crippen LogP contribution >= 0.6 is 0 Å². The molecule has 0 aliphatic carbocycles. The van der Waals surface area contributed by atoms with Gasteiger partial charge < -0.3 is 0 Å². The Balaban J connectivity index is 1.93. The molecule has 0 amide bonds. The zero-order valence-corrected chi connectivity index (χ0v) is 15.2. The molecule has 0 saturated heterocycles. The van der Waals surface area contributed by atoms with Crippen LogP contribution in [-0.2, 0) is 0 Å². The highest BCUT2D eigenvalue weighted by atomic mass is 14.2. The second-order valence-corrected chi connectivity index (χ2v) is 6.63. The van der Waals surface area contributed by atoms with Crippen LogP contribution in [0, 0.1) is 0 Å². The summed E-state index contributed by atoms with van der Waals surface area (Å²) >= 11 is 0. The highest BCUT2D eigenvalue weighted by Gasteiger charge is 2.20. The summed E-state index contributed by atoms with van der Waals surface area (Å²) in [6, 6.07) is 42.8. The van der Waals surface area contributed by atoms with Crippen LogP contribution < -0.4 is 0 Å². The minimum atomic E-state index is 0.176. The van der Waals surface area contributed by atoms with Gasteiger partial charge in [-0.25, -0.2) is 0 Å². The molecule has 0 aliphatic heterocycles. The van der Waals surface area contributed by atoms with Gasteiger partial charge in [-0.2, -0.15) is 0 Å². The molecule has 0 spiro atoms. The van der Waals surface area contributed by atoms with Gasteiger partial charge in [0.05, 0.1) is 0 Å². The van der Waals surface area contributed by atoms with E-state index in [1.54, 1.807) is 0 Å². The average Bonchev–Trinajstić information content (AvgIpc) is 2.76. The predicted molar refractivity (Wildman–Crippen MR) is 115 cm³/mol. The van der Waals surface area contributed by atoms with E-state index >= 15 is 0 Å². The first kappa shape index (κ1) is 17.1. The summed E-state index contributed by atoms with van der Waals surface area (Å²) in [4.78, 5) is 0. The van der Waals surface area contributed by atoms with E-state index in [9.17, 15) is 0 Å². The average molecular weight is 346 g/mol. The highest BCUT2D eigenvalue weighted by molar-refractivity contribution is 5.87. The molecule has 0 fully saturated rings. The Kier molecular flexibility index (Phi) is 5.26. The van der Waals surface area contributed by atoms with Crippen LogP contribution in [0.15, 0.2) is 121 Å². The van der Waals surface area contributed by atoms with Crippen molar-refractivity contribution >= 4 is 11.6 Å². The first-order valence-electron chi connectivity index (χ1n) is 9.34.